The van der Waals surface area contributed by atoms with Gasteiger partial charge < -0.3 is 19.6 Å². The van der Waals surface area contributed by atoms with Gasteiger partial charge in [-0.15, -0.1) is 0 Å². The third-order valence-corrected chi connectivity index (χ3v) is 3.14. The molecule has 102 valence electrons. The molecular weight excluding hydrogens is 256 g/mol. The third-order valence-electron chi connectivity index (χ3n) is 3.14. The topological polar surface area (TPSA) is 67.4 Å². The number of phenolic OH excluding ortho intramolecular Hbond substituents is 1. The fourth-order valence-corrected chi connectivity index (χ4v) is 2.09. The summed E-state index contributed by atoms with van der Waals surface area (Å²) in [4.78, 5) is 7.70. The predicted molar refractivity (Wildman–Crippen MR) is 76.3 cm³/mol. The van der Waals surface area contributed by atoms with Crippen LogP contribution in [0.4, 0.5) is 0 Å². The number of nitrogens with zero attached hydrogens (tertiary/aromatic N) is 1. The number of aromatic nitrogens is 2. The highest BCUT2D eigenvalue weighted by atomic mass is 16.5. The Morgan fingerprint density at radius 2 is 1.90 bits per heavy atom. The van der Waals surface area contributed by atoms with Gasteiger partial charge in [-0.2, -0.15) is 0 Å². The Hall–Kier alpha value is -2.69. The Labute approximate surface area is 115 Å². The number of phenols is 1. The fourth-order valence-electron chi connectivity index (χ4n) is 2.09. The van der Waals surface area contributed by atoms with Crippen molar-refractivity contribution in [3.63, 3.8) is 0 Å². The van der Waals surface area contributed by atoms with Crippen LogP contribution in [0.25, 0.3) is 22.4 Å². The summed E-state index contributed by atoms with van der Waals surface area (Å²) in [6.45, 7) is 0. The SMILES string of the molecule is COc1ccc2nc(-c3ccc(OC)c(O)c3)[nH]c2c1. The average Bonchev–Trinajstić information content (AvgIpc) is 2.89. The molecule has 0 fully saturated rings. The first-order chi connectivity index (χ1) is 9.71. The highest BCUT2D eigenvalue weighted by Gasteiger charge is 2.09. The minimum absolute atomic E-state index is 0.0861. The summed E-state index contributed by atoms with van der Waals surface area (Å²) < 4.78 is 10.2. The molecule has 2 N–H and O–H groups in total. The van der Waals surface area contributed by atoms with Gasteiger partial charge in [-0.3, -0.25) is 0 Å². The number of imidazole rings is 1. The summed E-state index contributed by atoms with van der Waals surface area (Å²) >= 11 is 0. The number of aromatic hydroxyl groups is 1. The van der Waals surface area contributed by atoms with Gasteiger partial charge in [0.25, 0.3) is 0 Å². The Morgan fingerprint density at radius 3 is 2.60 bits per heavy atom. The van der Waals surface area contributed by atoms with Crippen LogP contribution in [-0.4, -0.2) is 29.3 Å². The highest BCUT2D eigenvalue weighted by molar-refractivity contribution is 5.81. The van der Waals surface area contributed by atoms with Gasteiger partial charge in [-0.1, -0.05) is 0 Å². The van der Waals surface area contributed by atoms with E-state index in [1.54, 1.807) is 19.2 Å². The molecule has 5 heteroatoms. The van der Waals surface area contributed by atoms with Crippen molar-refractivity contribution in [3.8, 4) is 28.6 Å². The second-order valence-corrected chi connectivity index (χ2v) is 4.36. The number of hydrogen-bond donors (Lipinski definition) is 2. The molecule has 0 radical (unpaired) electrons. The lowest BCUT2D eigenvalue weighted by atomic mass is 10.2. The summed E-state index contributed by atoms with van der Waals surface area (Å²) in [7, 11) is 3.14. The summed E-state index contributed by atoms with van der Waals surface area (Å²) in [6.07, 6.45) is 0. The molecule has 1 aromatic heterocycles. The first-order valence-electron chi connectivity index (χ1n) is 6.12. The molecular formula is C15H14N2O3. The van der Waals surface area contributed by atoms with E-state index in [0.717, 1.165) is 22.3 Å². The lowest BCUT2D eigenvalue weighted by Gasteiger charge is -2.04. The molecule has 0 amide bonds. The summed E-state index contributed by atoms with van der Waals surface area (Å²) in [5.74, 6) is 1.98. The summed E-state index contributed by atoms with van der Waals surface area (Å²) in [6, 6.07) is 10.8. The highest BCUT2D eigenvalue weighted by Crippen LogP contribution is 2.31. The van der Waals surface area contributed by atoms with E-state index in [1.165, 1.54) is 7.11 Å². The van der Waals surface area contributed by atoms with Crippen LogP contribution in [0.5, 0.6) is 17.2 Å². The van der Waals surface area contributed by atoms with Gasteiger partial charge in [0.05, 0.1) is 25.3 Å². The van der Waals surface area contributed by atoms with E-state index in [2.05, 4.69) is 9.97 Å². The quantitative estimate of drug-likeness (QED) is 0.767. The molecule has 0 saturated heterocycles. The number of H-pyrrole nitrogens is 1. The van der Waals surface area contributed by atoms with E-state index >= 15 is 0 Å². The minimum atomic E-state index is 0.0861. The van der Waals surface area contributed by atoms with Crippen molar-refractivity contribution in [1.82, 2.24) is 9.97 Å². The first kappa shape index (κ1) is 12.3. The number of fused-ring (bicyclic) bond motifs is 1. The van der Waals surface area contributed by atoms with Crippen LogP contribution in [0, 0.1) is 0 Å². The number of rotatable bonds is 3. The summed E-state index contributed by atoms with van der Waals surface area (Å²) in [5.41, 5.74) is 2.52. The lowest BCUT2D eigenvalue weighted by molar-refractivity contribution is 0.373. The van der Waals surface area contributed by atoms with E-state index in [0.29, 0.717) is 11.6 Å². The van der Waals surface area contributed by atoms with E-state index in [4.69, 9.17) is 9.47 Å². The molecule has 2 aromatic carbocycles. The maximum Gasteiger partial charge on any atom is 0.160 e. The van der Waals surface area contributed by atoms with E-state index < -0.39 is 0 Å². The second kappa shape index (κ2) is 4.77. The van der Waals surface area contributed by atoms with Crippen LogP contribution >= 0.6 is 0 Å². The van der Waals surface area contributed by atoms with Crippen LogP contribution in [-0.2, 0) is 0 Å². The zero-order valence-corrected chi connectivity index (χ0v) is 11.2. The van der Waals surface area contributed by atoms with E-state index in [-0.39, 0.29) is 5.75 Å². The standard InChI is InChI=1S/C15H14N2O3/c1-19-10-4-5-11-12(8-10)17-15(16-11)9-3-6-14(20-2)13(18)7-9/h3-8,18H,1-2H3,(H,16,17). The maximum atomic E-state index is 9.82. The normalized spacial score (nSPS) is 10.7. The zero-order valence-electron chi connectivity index (χ0n) is 11.2. The monoisotopic (exact) mass is 270 g/mol. The van der Waals surface area contributed by atoms with Gasteiger partial charge in [-0.05, 0) is 30.3 Å². The summed E-state index contributed by atoms with van der Waals surface area (Å²) in [5, 5.41) is 9.82. The molecule has 0 aliphatic carbocycles. The van der Waals surface area contributed by atoms with Crippen molar-refractivity contribution >= 4 is 11.0 Å². The van der Waals surface area contributed by atoms with Gasteiger partial charge in [0.2, 0.25) is 0 Å². The van der Waals surface area contributed by atoms with Crippen LogP contribution in [0.2, 0.25) is 0 Å². The Morgan fingerprint density at radius 1 is 1.05 bits per heavy atom. The number of ether oxygens (including phenoxy) is 2. The smallest absolute Gasteiger partial charge is 0.160 e. The van der Waals surface area contributed by atoms with Crippen molar-refractivity contribution in [2.45, 2.75) is 0 Å². The molecule has 0 aliphatic rings. The lowest BCUT2D eigenvalue weighted by Crippen LogP contribution is -1.85. The molecule has 0 atom stereocenters. The molecule has 0 unspecified atom stereocenters. The Bertz CT molecular complexity index is 765. The largest absolute Gasteiger partial charge is 0.504 e. The second-order valence-electron chi connectivity index (χ2n) is 4.36. The number of aromatic amines is 1. The van der Waals surface area contributed by atoms with Crippen LogP contribution < -0.4 is 9.47 Å². The average molecular weight is 270 g/mol. The molecule has 0 bridgehead atoms. The predicted octanol–water partition coefficient (Wildman–Crippen LogP) is 2.95. The molecule has 5 nitrogen and oxygen atoms in total. The van der Waals surface area contributed by atoms with Crippen molar-refractivity contribution in [2.75, 3.05) is 14.2 Å². The fraction of sp³-hybridized carbons (Fsp3) is 0.133. The molecule has 0 aliphatic heterocycles. The van der Waals surface area contributed by atoms with Crippen LogP contribution in [0.15, 0.2) is 36.4 Å². The van der Waals surface area contributed by atoms with Crippen molar-refractivity contribution in [1.29, 1.82) is 0 Å². The molecule has 3 rings (SSSR count). The molecule has 0 spiro atoms. The van der Waals surface area contributed by atoms with Gasteiger partial charge >= 0.3 is 0 Å². The number of nitrogens with one attached hydrogen (secondary N) is 1. The number of benzene rings is 2. The van der Waals surface area contributed by atoms with Gasteiger partial charge in [0, 0.05) is 11.6 Å². The number of methoxy groups -OCH3 is 2. The van der Waals surface area contributed by atoms with Crippen molar-refractivity contribution in [3.05, 3.63) is 36.4 Å². The van der Waals surface area contributed by atoms with Crippen LogP contribution in [0.3, 0.4) is 0 Å². The van der Waals surface area contributed by atoms with Gasteiger partial charge in [-0.25, -0.2) is 4.98 Å². The number of hydrogen-bond acceptors (Lipinski definition) is 4. The Kier molecular flexibility index (Phi) is 2.95. The first-order valence-corrected chi connectivity index (χ1v) is 6.12. The molecule has 0 saturated carbocycles. The maximum absolute atomic E-state index is 9.82. The van der Waals surface area contributed by atoms with Gasteiger partial charge in [0.1, 0.15) is 11.6 Å². The van der Waals surface area contributed by atoms with Crippen molar-refractivity contribution in [2.24, 2.45) is 0 Å². The molecule has 1 heterocycles. The van der Waals surface area contributed by atoms with Crippen molar-refractivity contribution < 1.29 is 14.6 Å². The minimum Gasteiger partial charge on any atom is -0.504 e. The Balaban J connectivity index is 2.07. The van der Waals surface area contributed by atoms with E-state index in [1.807, 2.05) is 24.3 Å². The third kappa shape index (κ3) is 2.03. The molecule has 3 aromatic rings. The van der Waals surface area contributed by atoms with Crippen LogP contribution in [0.1, 0.15) is 0 Å². The zero-order chi connectivity index (χ0) is 14.1. The van der Waals surface area contributed by atoms with Gasteiger partial charge in [0.15, 0.2) is 11.5 Å². The van der Waals surface area contributed by atoms with E-state index in [9.17, 15) is 5.11 Å². The molecule has 20 heavy (non-hydrogen) atoms.